The molecule has 0 aliphatic carbocycles. The lowest BCUT2D eigenvalue weighted by atomic mass is 10.1. The highest BCUT2D eigenvalue weighted by Gasteiger charge is 2.26. The maximum atomic E-state index is 13.0. The Morgan fingerprint density at radius 1 is 0.970 bits per heavy atom. The highest BCUT2D eigenvalue weighted by Crippen LogP contribution is 2.30. The monoisotopic (exact) mass is 447 g/mol. The lowest BCUT2D eigenvalue weighted by Crippen LogP contribution is -2.42. The van der Waals surface area contributed by atoms with Crippen LogP contribution >= 0.6 is 0 Å². The predicted octanol–water partition coefficient (Wildman–Crippen LogP) is 2.40. The van der Waals surface area contributed by atoms with Crippen LogP contribution < -0.4 is 14.8 Å². The van der Waals surface area contributed by atoms with Crippen molar-refractivity contribution in [1.82, 2.24) is 14.8 Å². The number of amides is 2. The lowest BCUT2D eigenvalue weighted by molar-refractivity contribution is -0.130. The van der Waals surface area contributed by atoms with Gasteiger partial charge in [-0.05, 0) is 31.0 Å². The zero-order valence-electron chi connectivity index (χ0n) is 18.2. The number of carbonyl (C=O) groups excluding carboxylic acids is 3. The van der Waals surface area contributed by atoms with E-state index in [9.17, 15) is 14.4 Å². The average molecular weight is 447 g/mol. The molecule has 3 heterocycles. The third kappa shape index (κ3) is 4.28. The molecule has 0 bridgehead atoms. The zero-order chi connectivity index (χ0) is 22.8. The molecule has 0 spiro atoms. The van der Waals surface area contributed by atoms with Crippen molar-refractivity contribution in [3.63, 3.8) is 0 Å². The van der Waals surface area contributed by atoms with Crippen LogP contribution in [0.15, 0.2) is 54.7 Å². The molecular formula is C25H25N3O5. The predicted molar refractivity (Wildman–Crippen MR) is 121 cm³/mol. The topological polar surface area (TPSA) is 89.9 Å². The third-order valence-electron chi connectivity index (χ3n) is 6.06. The molecule has 1 atom stereocenters. The van der Waals surface area contributed by atoms with Crippen LogP contribution in [0.25, 0.3) is 10.9 Å². The molecule has 1 aromatic heterocycles. The van der Waals surface area contributed by atoms with Gasteiger partial charge < -0.3 is 24.3 Å². The van der Waals surface area contributed by atoms with Gasteiger partial charge in [-0.1, -0.05) is 30.3 Å². The molecule has 33 heavy (non-hydrogen) atoms. The molecule has 8 heteroatoms. The fourth-order valence-electron chi connectivity index (χ4n) is 4.34. The zero-order valence-corrected chi connectivity index (χ0v) is 18.2. The van der Waals surface area contributed by atoms with Crippen molar-refractivity contribution in [3.05, 3.63) is 60.3 Å². The summed E-state index contributed by atoms with van der Waals surface area (Å²) in [6.45, 7) is 2.10. The van der Waals surface area contributed by atoms with E-state index in [2.05, 4.69) is 5.32 Å². The molecule has 1 fully saturated rings. The second-order valence-corrected chi connectivity index (χ2v) is 8.31. The molecule has 2 amide bonds. The summed E-state index contributed by atoms with van der Waals surface area (Å²) < 4.78 is 13.2. The smallest absolute Gasteiger partial charge is 0.292 e. The number of rotatable bonds is 6. The van der Waals surface area contributed by atoms with Crippen molar-refractivity contribution >= 4 is 28.5 Å². The normalized spacial score (nSPS) is 17.2. The van der Waals surface area contributed by atoms with Gasteiger partial charge in [0.2, 0.25) is 5.91 Å². The van der Waals surface area contributed by atoms with Crippen molar-refractivity contribution in [2.45, 2.75) is 25.5 Å². The van der Waals surface area contributed by atoms with E-state index in [1.807, 2.05) is 41.3 Å². The number of aromatic nitrogens is 1. The van der Waals surface area contributed by atoms with Crippen molar-refractivity contribution < 1.29 is 23.9 Å². The number of hydrogen-bond acceptors (Lipinski definition) is 5. The Labute approximate surface area is 191 Å². The number of nitrogens with one attached hydrogen (secondary N) is 1. The Kier molecular flexibility index (Phi) is 5.73. The van der Waals surface area contributed by atoms with E-state index in [4.69, 9.17) is 9.47 Å². The molecule has 0 unspecified atom stereocenters. The molecule has 1 saturated heterocycles. The first-order valence-corrected chi connectivity index (χ1v) is 11.2. The van der Waals surface area contributed by atoms with Gasteiger partial charge in [0, 0.05) is 30.2 Å². The summed E-state index contributed by atoms with van der Waals surface area (Å²) in [6, 6.07) is 14.6. The molecule has 1 N–H and O–H groups in total. The number of para-hydroxylation sites is 3. The highest BCUT2D eigenvalue weighted by atomic mass is 16.6. The summed E-state index contributed by atoms with van der Waals surface area (Å²) in [5.41, 5.74) is 1.03. The van der Waals surface area contributed by atoms with Crippen LogP contribution in [0.1, 0.15) is 23.2 Å². The number of likely N-dealkylation sites (tertiary alicyclic amines) is 1. The van der Waals surface area contributed by atoms with Crippen LogP contribution in [0.3, 0.4) is 0 Å². The van der Waals surface area contributed by atoms with Gasteiger partial charge in [0.25, 0.3) is 11.7 Å². The Bertz CT molecular complexity index is 1210. The SMILES string of the molecule is O=C(NC[C@@H]1COc2ccccc2O1)C(=O)c1cn(CC(=O)N2CCCC2)c2ccccc12. The van der Waals surface area contributed by atoms with Gasteiger partial charge in [-0.2, -0.15) is 0 Å². The number of nitrogens with zero attached hydrogens (tertiary/aromatic N) is 2. The Hall–Kier alpha value is -3.81. The standard InChI is InChI=1S/C25H25N3O5/c29-23(27-11-5-6-12-27)15-28-14-19(18-7-1-2-8-20(18)28)24(30)25(31)26-13-17-16-32-21-9-3-4-10-22(21)33-17/h1-4,7-10,14,17H,5-6,11-13,15-16H2,(H,26,31)/t17-/m1/s1. The van der Waals surface area contributed by atoms with Crippen molar-refractivity contribution in [2.24, 2.45) is 0 Å². The minimum Gasteiger partial charge on any atom is -0.486 e. The minimum absolute atomic E-state index is 0.0198. The highest BCUT2D eigenvalue weighted by molar-refractivity contribution is 6.45. The van der Waals surface area contributed by atoms with E-state index in [1.54, 1.807) is 22.9 Å². The van der Waals surface area contributed by atoms with Crippen LogP contribution in [-0.2, 0) is 16.1 Å². The first-order valence-electron chi connectivity index (χ1n) is 11.2. The molecule has 3 aromatic rings. The second-order valence-electron chi connectivity index (χ2n) is 8.31. The molecular weight excluding hydrogens is 422 g/mol. The molecule has 2 aromatic carbocycles. The fourth-order valence-corrected chi connectivity index (χ4v) is 4.34. The molecule has 170 valence electrons. The molecule has 8 nitrogen and oxygen atoms in total. The Balaban J connectivity index is 1.28. The number of benzene rings is 2. The van der Waals surface area contributed by atoms with Crippen LogP contribution in [-0.4, -0.2) is 59.4 Å². The average Bonchev–Trinajstić information content (AvgIpc) is 3.51. The lowest BCUT2D eigenvalue weighted by Gasteiger charge is -2.26. The van der Waals surface area contributed by atoms with E-state index in [0.717, 1.165) is 31.4 Å². The van der Waals surface area contributed by atoms with Crippen LogP contribution in [0.2, 0.25) is 0 Å². The Morgan fingerprint density at radius 2 is 1.70 bits per heavy atom. The van der Waals surface area contributed by atoms with Gasteiger partial charge in [0.1, 0.15) is 19.3 Å². The van der Waals surface area contributed by atoms with Crippen molar-refractivity contribution in [3.8, 4) is 11.5 Å². The van der Waals surface area contributed by atoms with Gasteiger partial charge in [0.15, 0.2) is 11.5 Å². The molecule has 2 aliphatic rings. The van der Waals surface area contributed by atoms with Gasteiger partial charge in [-0.25, -0.2) is 0 Å². The first kappa shape index (κ1) is 21.1. The van der Waals surface area contributed by atoms with E-state index >= 15 is 0 Å². The second kappa shape index (κ2) is 8.97. The third-order valence-corrected chi connectivity index (χ3v) is 6.06. The number of Topliss-reactive ketones (excluding diaryl/α,β-unsaturated/α-hetero) is 1. The fraction of sp³-hybridized carbons (Fsp3) is 0.320. The summed E-state index contributed by atoms with van der Waals surface area (Å²) >= 11 is 0. The number of carbonyl (C=O) groups is 3. The van der Waals surface area contributed by atoms with E-state index in [1.165, 1.54) is 0 Å². The first-order chi connectivity index (χ1) is 16.1. The number of ether oxygens (including phenoxy) is 2. The van der Waals surface area contributed by atoms with Crippen molar-refractivity contribution in [1.29, 1.82) is 0 Å². The molecule has 2 aliphatic heterocycles. The quantitative estimate of drug-likeness (QED) is 0.463. The van der Waals surface area contributed by atoms with Crippen molar-refractivity contribution in [2.75, 3.05) is 26.2 Å². The summed E-state index contributed by atoms with van der Waals surface area (Å²) in [5.74, 6) is -0.0686. The molecule has 0 saturated carbocycles. The maximum absolute atomic E-state index is 13.0. The van der Waals surface area contributed by atoms with E-state index < -0.39 is 17.8 Å². The number of hydrogen-bond donors (Lipinski definition) is 1. The Morgan fingerprint density at radius 3 is 2.52 bits per heavy atom. The van der Waals surface area contributed by atoms with E-state index in [0.29, 0.717) is 16.9 Å². The number of fused-ring (bicyclic) bond motifs is 2. The summed E-state index contributed by atoms with van der Waals surface area (Å²) in [7, 11) is 0. The van der Waals surface area contributed by atoms with Gasteiger partial charge in [-0.3, -0.25) is 14.4 Å². The summed E-state index contributed by atoms with van der Waals surface area (Å²) in [5, 5.41) is 3.31. The van der Waals surface area contributed by atoms with Crippen LogP contribution in [0.4, 0.5) is 0 Å². The molecule has 0 radical (unpaired) electrons. The van der Waals surface area contributed by atoms with Crippen LogP contribution in [0.5, 0.6) is 11.5 Å². The molecule has 5 rings (SSSR count). The minimum atomic E-state index is -0.716. The summed E-state index contributed by atoms with van der Waals surface area (Å²) in [6.07, 6.45) is 3.25. The summed E-state index contributed by atoms with van der Waals surface area (Å²) in [4.78, 5) is 40.2. The largest absolute Gasteiger partial charge is 0.486 e. The maximum Gasteiger partial charge on any atom is 0.292 e. The van der Waals surface area contributed by atoms with Gasteiger partial charge in [0.05, 0.1) is 12.1 Å². The van der Waals surface area contributed by atoms with E-state index in [-0.39, 0.29) is 31.2 Å². The van der Waals surface area contributed by atoms with Gasteiger partial charge >= 0.3 is 0 Å². The van der Waals surface area contributed by atoms with Crippen LogP contribution in [0, 0.1) is 0 Å². The van der Waals surface area contributed by atoms with Gasteiger partial charge in [-0.15, -0.1) is 0 Å². The number of ketones is 1.